The third-order valence-corrected chi connectivity index (χ3v) is 4.86. The standard InChI is InChI=1S/C23H16F2N4O/c1-14-20(19-9-7-17(24)10-21(19)25)12-22-27-18(11-23(30)29(22)28-14)8-6-15-2-4-16(13-26)5-3-15/h2-5,7,9-12H,6,8H2,1H3. The van der Waals surface area contributed by atoms with Crippen molar-refractivity contribution in [2.24, 2.45) is 0 Å². The van der Waals surface area contributed by atoms with Crippen molar-refractivity contribution in [1.29, 1.82) is 5.26 Å². The average Bonchev–Trinajstić information content (AvgIpc) is 2.73. The second kappa shape index (κ2) is 7.84. The molecule has 2 aromatic carbocycles. The second-order valence-electron chi connectivity index (χ2n) is 6.93. The third kappa shape index (κ3) is 3.80. The maximum absolute atomic E-state index is 14.3. The molecule has 5 nitrogen and oxygen atoms in total. The first-order valence-corrected chi connectivity index (χ1v) is 9.29. The molecule has 0 fully saturated rings. The zero-order valence-electron chi connectivity index (χ0n) is 16.1. The summed E-state index contributed by atoms with van der Waals surface area (Å²) in [5.74, 6) is -1.37. The van der Waals surface area contributed by atoms with Crippen LogP contribution in [0.2, 0.25) is 0 Å². The van der Waals surface area contributed by atoms with Crippen LogP contribution >= 0.6 is 0 Å². The lowest BCUT2D eigenvalue weighted by Crippen LogP contribution is -2.19. The Morgan fingerprint density at radius 1 is 1.00 bits per heavy atom. The fourth-order valence-electron chi connectivity index (χ4n) is 3.30. The molecule has 0 saturated heterocycles. The molecule has 0 N–H and O–H groups in total. The van der Waals surface area contributed by atoms with Crippen LogP contribution in [0.5, 0.6) is 0 Å². The minimum absolute atomic E-state index is 0.195. The van der Waals surface area contributed by atoms with E-state index >= 15 is 0 Å². The Bertz CT molecular complexity index is 1350. The Balaban J connectivity index is 1.70. The average molecular weight is 402 g/mol. The predicted octanol–water partition coefficient (Wildman–Crippen LogP) is 4.00. The van der Waals surface area contributed by atoms with Crippen LogP contribution in [-0.4, -0.2) is 14.6 Å². The molecule has 0 spiro atoms. The summed E-state index contributed by atoms with van der Waals surface area (Å²) in [6, 6.07) is 15.7. The number of halogens is 2. The van der Waals surface area contributed by atoms with Crippen LogP contribution in [-0.2, 0) is 12.8 Å². The largest absolute Gasteiger partial charge is 0.274 e. The summed E-state index contributed by atoms with van der Waals surface area (Å²) in [6.07, 6.45) is 1.17. The molecule has 0 bridgehead atoms. The fourth-order valence-corrected chi connectivity index (χ4v) is 3.30. The lowest BCUT2D eigenvalue weighted by atomic mass is 10.0. The minimum Gasteiger partial charge on any atom is -0.267 e. The number of rotatable bonds is 4. The lowest BCUT2D eigenvalue weighted by Gasteiger charge is -2.10. The van der Waals surface area contributed by atoms with Crippen molar-refractivity contribution in [3.8, 4) is 17.2 Å². The van der Waals surface area contributed by atoms with Crippen LogP contribution in [0.15, 0.2) is 59.4 Å². The second-order valence-corrected chi connectivity index (χ2v) is 6.93. The Labute approximate surface area is 170 Å². The molecule has 0 saturated carbocycles. The number of hydrogen-bond acceptors (Lipinski definition) is 4. The lowest BCUT2D eigenvalue weighted by molar-refractivity contribution is 0.585. The molecule has 4 aromatic rings. The molecule has 0 radical (unpaired) electrons. The van der Waals surface area contributed by atoms with Gasteiger partial charge in [-0.15, -0.1) is 0 Å². The van der Waals surface area contributed by atoms with Crippen molar-refractivity contribution in [2.75, 3.05) is 0 Å². The van der Waals surface area contributed by atoms with Crippen molar-refractivity contribution in [1.82, 2.24) is 14.6 Å². The van der Waals surface area contributed by atoms with E-state index in [1.165, 1.54) is 22.7 Å². The van der Waals surface area contributed by atoms with Gasteiger partial charge >= 0.3 is 0 Å². The van der Waals surface area contributed by atoms with Gasteiger partial charge < -0.3 is 0 Å². The SMILES string of the molecule is Cc1nn2c(=O)cc(CCc3ccc(C#N)cc3)nc2cc1-c1ccc(F)cc1F. The number of aromatic nitrogens is 3. The van der Waals surface area contributed by atoms with Crippen LogP contribution < -0.4 is 5.56 Å². The first kappa shape index (κ1) is 19.4. The van der Waals surface area contributed by atoms with Gasteiger partial charge in [0.05, 0.1) is 17.3 Å². The molecular weight excluding hydrogens is 386 g/mol. The highest BCUT2D eigenvalue weighted by atomic mass is 19.1. The maximum atomic E-state index is 14.3. The third-order valence-electron chi connectivity index (χ3n) is 4.86. The Kier molecular flexibility index (Phi) is 5.07. The van der Waals surface area contributed by atoms with Gasteiger partial charge in [0.2, 0.25) is 0 Å². The van der Waals surface area contributed by atoms with E-state index in [-0.39, 0.29) is 11.1 Å². The predicted molar refractivity (Wildman–Crippen MR) is 108 cm³/mol. The van der Waals surface area contributed by atoms with Gasteiger partial charge in [0, 0.05) is 29.0 Å². The quantitative estimate of drug-likeness (QED) is 0.517. The van der Waals surface area contributed by atoms with Gasteiger partial charge in [-0.3, -0.25) is 4.79 Å². The van der Waals surface area contributed by atoms with Crippen molar-refractivity contribution in [3.05, 3.63) is 99.1 Å². The highest BCUT2D eigenvalue weighted by Crippen LogP contribution is 2.26. The van der Waals surface area contributed by atoms with Crippen molar-refractivity contribution >= 4 is 5.65 Å². The Hall–Kier alpha value is -3.92. The molecular formula is C23H16F2N4O. The summed E-state index contributed by atoms with van der Waals surface area (Å²) >= 11 is 0. The van der Waals surface area contributed by atoms with Gasteiger partial charge in [-0.2, -0.15) is 14.9 Å². The molecule has 7 heteroatoms. The summed E-state index contributed by atoms with van der Waals surface area (Å²) in [6.45, 7) is 1.66. The molecule has 0 atom stereocenters. The van der Waals surface area contributed by atoms with E-state index < -0.39 is 11.6 Å². The molecule has 2 aromatic heterocycles. The number of fused-ring (bicyclic) bond motifs is 1. The van der Waals surface area contributed by atoms with E-state index in [0.717, 1.165) is 11.6 Å². The molecule has 30 heavy (non-hydrogen) atoms. The van der Waals surface area contributed by atoms with E-state index in [1.807, 2.05) is 12.1 Å². The highest BCUT2D eigenvalue weighted by molar-refractivity contribution is 5.69. The number of nitrogens with zero attached hydrogens (tertiary/aromatic N) is 4. The van der Waals surface area contributed by atoms with E-state index in [9.17, 15) is 13.6 Å². The highest BCUT2D eigenvalue weighted by Gasteiger charge is 2.13. The van der Waals surface area contributed by atoms with Crippen LogP contribution in [0.3, 0.4) is 0 Å². The topological polar surface area (TPSA) is 71.1 Å². The van der Waals surface area contributed by atoms with Crippen molar-refractivity contribution < 1.29 is 8.78 Å². The molecule has 0 aliphatic carbocycles. The summed E-state index contributed by atoms with van der Waals surface area (Å²) < 4.78 is 28.7. The Morgan fingerprint density at radius 3 is 2.47 bits per heavy atom. The molecule has 148 valence electrons. The number of hydrogen-bond donors (Lipinski definition) is 0. The smallest absolute Gasteiger partial charge is 0.267 e. The number of benzene rings is 2. The molecule has 0 amide bonds. The van der Waals surface area contributed by atoms with E-state index in [4.69, 9.17) is 5.26 Å². The van der Waals surface area contributed by atoms with Crippen molar-refractivity contribution in [3.63, 3.8) is 0 Å². The van der Waals surface area contributed by atoms with Crippen molar-refractivity contribution in [2.45, 2.75) is 19.8 Å². The Morgan fingerprint density at radius 2 is 1.77 bits per heavy atom. The number of aryl methyl sites for hydroxylation is 3. The van der Waals surface area contributed by atoms with E-state index in [2.05, 4.69) is 16.2 Å². The van der Waals surface area contributed by atoms with Crippen LogP contribution in [0.4, 0.5) is 8.78 Å². The summed E-state index contributed by atoms with van der Waals surface area (Å²) in [4.78, 5) is 17.0. The first-order valence-electron chi connectivity index (χ1n) is 9.29. The maximum Gasteiger partial charge on any atom is 0.274 e. The molecule has 0 aliphatic heterocycles. The minimum atomic E-state index is -0.705. The van der Waals surface area contributed by atoms with Crippen LogP contribution in [0.25, 0.3) is 16.8 Å². The van der Waals surface area contributed by atoms with Crippen LogP contribution in [0, 0.1) is 29.9 Å². The monoisotopic (exact) mass is 402 g/mol. The van der Waals surface area contributed by atoms with Gasteiger partial charge in [-0.1, -0.05) is 12.1 Å². The van der Waals surface area contributed by atoms with Gasteiger partial charge in [-0.05, 0) is 55.7 Å². The normalized spacial score (nSPS) is 10.9. The van der Waals surface area contributed by atoms with Crippen LogP contribution in [0.1, 0.15) is 22.5 Å². The summed E-state index contributed by atoms with van der Waals surface area (Å²) in [5, 5.41) is 13.1. The van der Waals surface area contributed by atoms with Gasteiger partial charge in [0.15, 0.2) is 5.65 Å². The van der Waals surface area contributed by atoms with Gasteiger partial charge in [0.25, 0.3) is 5.56 Å². The summed E-state index contributed by atoms with van der Waals surface area (Å²) in [5.41, 5.74) is 3.23. The molecule has 0 unspecified atom stereocenters. The van der Waals surface area contributed by atoms with Gasteiger partial charge in [0.1, 0.15) is 11.6 Å². The number of nitriles is 1. The molecule has 0 aliphatic rings. The summed E-state index contributed by atoms with van der Waals surface area (Å²) in [7, 11) is 0. The van der Waals surface area contributed by atoms with Gasteiger partial charge in [-0.25, -0.2) is 13.8 Å². The zero-order chi connectivity index (χ0) is 21.3. The first-order chi connectivity index (χ1) is 14.4. The van der Waals surface area contributed by atoms with E-state index in [0.29, 0.717) is 41.0 Å². The zero-order valence-corrected chi connectivity index (χ0v) is 16.1. The molecule has 2 heterocycles. The fraction of sp³-hybridized carbons (Fsp3) is 0.130. The van der Waals surface area contributed by atoms with E-state index in [1.54, 1.807) is 25.1 Å². The molecule has 4 rings (SSSR count).